The molecular weight excluding hydrogens is 220 g/mol. The Morgan fingerprint density at radius 3 is 3.06 bits per heavy atom. The fourth-order valence-electron chi connectivity index (χ4n) is 1.86. The van der Waals surface area contributed by atoms with Gasteiger partial charge in [-0.3, -0.25) is 4.79 Å². The topological polar surface area (TPSA) is 70.6 Å². The summed E-state index contributed by atoms with van der Waals surface area (Å²) in [5.41, 5.74) is 0.247. The molecule has 5 nitrogen and oxygen atoms in total. The zero-order valence-corrected chi connectivity index (χ0v) is 9.69. The van der Waals surface area contributed by atoms with Crippen molar-refractivity contribution in [3.63, 3.8) is 0 Å². The molecule has 1 heterocycles. The van der Waals surface area contributed by atoms with Gasteiger partial charge in [0.2, 0.25) is 0 Å². The number of nitrogens with one attached hydrogen (secondary N) is 2. The van der Waals surface area contributed by atoms with Crippen LogP contribution in [-0.2, 0) is 0 Å². The highest BCUT2D eigenvalue weighted by Crippen LogP contribution is 2.22. The molecule has 0 spiro atoms. The van der Waals surface area contributed by atoms with Crippen molar-refractivity contribution in [2.75, 3.05) is 20.2 Å². The number of carbonyl (C=O) groups is 1. The van der Waals surface area contributed by atoms with Crippen LogP contribution in [0.1, 0.15) is 16.8 Å². The molecule has 1 unspecified atom stereocenters. The number of amides is 1. The minimum absolute atomic E-state index is 0.0331. The van der Waals surface area contributed by atoms with E-state index in [9.17, 15) is 9.90 Å². The highest BCUT2D eigenvalue weighted by molar-refractivity contribution is 5.97. The Morgan fingerprint density at radius 2 is 2.41 bits per heavy atom. The van der Waals surface area contributed by atoms with Crippen molar-refractivity contribution in [3.05, 3.63) is 23.8 Å². The van der Waals surface area contributed by atoms with Crippen LogP contribution < -0.4 is 15.4 Å². The molecule has 1 aromatic carbocycles. The molecule has 17 heavy (non-hydrogen) atoms. The Balaban J connectivity index is 2.11. The summed E-state index contributed by atoms with van der Waals surface area (Å²) in [4.78, 5) is 11.9. The van der Waals surface area contributed by atoms with Crippen LogP contribution in [0.5, 0.6) is 11.5 Å². The van der Waals surface area contributed by atoms with Crippen molar-refractivity contribution < 1.29 is 14.6 Å². The molecule has 1 aliphatic rings. The third kappa shape index (κ3) is 2.68. The first-order valence-electron chi connectivity index (χ1n) is 5.59. The first-order chi connectivity index (χ1) is 8.20. The van der Waals surface area contributed by atoms with Crippen LogP contribution in [0.4, 0.5) is 0 Å². The Hall–Kier alpha value is -1.75. The monoisotopic (exact) mass is 236 g/mol. The van der Waals surface area contributed by atoms with Gasteiger partial charge in [0.25, 0.3) is 5.91 Å². The lowest BCUT2D eigenvalue weighted by Crippen LogP contribution is -2.36. The number of carbonyl (C=O) groups excluding carboxylic acids is 1. The van der Waals surface area contributed by atoms with Crippen molar-refractivity contribution in [2.24, 2.45) is 0 Å². The number of rotatable bonds is 3. The molecule has 3 N–H and O–H groups in total. The summed E-state index contributed by atoms with van der Waals surface area (Å²) in [6.07, 6.45) is 0.913. The molecule has 1 aliphatic heterocycles. The predicted molar refractivity (Wildman–Crippen MR) is 63.4 cm³/mol. The van der Waals surface area contributed by atoms with Gasteiger partial charge in [-0.25, -0.2) is 0 Å². The van der Waals surface area contributed by atoms with E-state index in [1.54, 1.807) is 6.07 Å². The smallest absolute Gasteiger partial charge is 0.255 e. The summed E-state index contributed by atoms with van der Waals surface area (Å²) >= 11 is 0. The van der Waals surface area contributed by atoms with Crippen LogP contribution in [0, 0.1) is 0 Å². The first kappa shape index (κ1) is 11.7. The van der Waals surface area contributed by atoms with E-state index in [0.717, 1.165) is 19.5 Å². The average Bonchev–Trinajstić information content (AvgIpc) is 2.82. The SMILES string of the molecule is COc1ccc(O)c(C(=O)NC2CCNC2)c1. The van der Waals surface area contributed by atoms with Crippen LogP contribution in [0.3, 0.4) is 0 Å². The van der Waals surface area contributed by atoms with Crippen molar-refractivity contribution in [2.45, 2.75) is 12.5 Å². The number of phenolic OH excluding ortho intramolecular Hbond substituents is 1. The van der Waals surface area contributed by atoms with Gasteiger partial charge < -0.3 is 20.5 Å². The number of ether oxygens (including phenoxy) is 1. The van der Waals surface area contributed by atoms with Gasteiger partial charge in [0.05, 0.1) is 12.7 Å². The Bertz CT molecular complexity index is 414. The lowest BCUT2D eigenvalue weighted by atomic mass is 10.1. The summed E-state index contributed by atoms with van der Waals surface area (Å²) in [6, 6.07) is 4.74. The van der Waals surface area contributed by atoms with Crippen LogP contribution in [0.2, 0.25) is 0 Å². The molecule has 1 fully saturated rings. The maximum Gasteiger partial charge on any atom is 0.255 e. The Morgan fingerprint density at radius 1 is 1.59 bits per heavy atom. The third-order valence-corrected chi connectivity index (χ3v) is 2.84. The standard InChI is InChI=1S/C12H16N2O3/c1-17-9-2-3-11(15)10(6-9)12(16)14-8-4-5-13-7-8/h2-3,6,8,13,15H,4-5,7H2,1H3,(H,14,16). The maximum atomic E-state index is 11.9. The number of benzene rings is 1. The number of hydrogen-bond acceptors (Lipinski definition) is 4. The van der Waals surface area contributed by atoms with Crippen LogP contribution in [0.25, 0.3) is 0 Å². The van der Waals surface area contributed by atoms with Gasteiger partial charge >= 0.3 is 0 Å². The molecule has 0 radical (unpaired) electrons. The minimum Gasteiger partial charge on any atom is -0.507 e. The van der Waals surface area contributed by atoms with Gasteiger partial charge in [0.15, 0.2) is 0 Å². The molecule has 1 saturated heterocycles. The van der Waals surface area contributed by atoms with E-state index in [1.165, 1.54) is 19.2 Å². The van der Waals surface area contributed by atoms with E-state index in [1.807, 2.05) is 0 Å². The Labute approximate surface area is 99.8 Å². The number of aromatic hydroxyl groups is 1. The second-order valence-corrected chi connectivity index (χ2v) is 4.05. The molecule has 1 aromatic rings. The summed E-state index contributed by atoms with van der Waals surface area (Å²) in [5, 5.41) is 15.7. The largest absolute Gasteiger partial charge is 0.507 e. The van der Waals surface area contributed by atoms with Crippen molar-refractivity contribution in [3.8, 4) is 11.5 Å². The van der Waals surface area contributed by atoms with E-state index in [4.69, 9.17) is 4.74 Å². The van der Waals surface area contributed by atoms with E-state index < -0.39 is 0 Å². The number of phenols is 1. The molecule has 0 bridgehead atoms. The molecule has 92 valence electrons. The maximum absolute atomic E-state index is 11.9. The van der Waals surface area contributed by atoms with Gasteiger partial charge in [0.1, 0.15) is 11.5 Å². The van der Waals surface area contributed by atoms with Gasteiger partial charge in [-0.2, -0.15) is 0 Å². The summed E-state index contributed by atoms with van der Waals surface area (Å²) in [6.45, 7) is 1.69. The molecule has 1 amide bonds. The Kier molecular flexibility index (Phi) is 3.49. The van der Waals surface area contributed by atoms with Crippen molar-refractivity contribution >= 4 is 5.91 Å². The lowest BCUT2D eigenvalue weighted by Gasteiger charge is -2.12. The molecule has 0 aromatic heterocycles. The summed E-state index contributed by atoms with van der Waals surface area (Å²) in [5.74, 6) is 0.252. The molecule has 2 rings (SSSR count). The third-order valence-electron chi connectivity index (χ3n) is 2.84. The first-order valence-corrected chi connectivity index (χ1v) is 5.59. The normalized spacial score (nSPS) is 19.0. The summed E-state index contributed by atoms with van der Waals surface area (Å²) in [7, 11) is 1.52. The van der Waals surface area contributed by atoms with Gasteiger partial charge in [-0.05, 0) is 31.2 Å². The molecule has 0 saturated carbocycles. The quantitative estimate of drug-likeness (QED) is 0.714. The van der Waals surface area contributed by atoms with Crippen LogP contribution in [0.15, 0.2) is 18.2 Å². The minimum atomic E-state index is -0.268. The van der Waals surface area contributed by atoms with Gasteiger partial charge in [-0.15, -0.1) is 0 Å². The average molecular weight is 236 g/mol. The second kappa shape index (κ2) is 5.05. The van der Waals surface area contributed by atoms with Crippen LogP contribution in [-0.4, -0.2) is 37.3 Å². The summed E-state index contributed by atoms with van der Waals surface area (Å²) < 4.78 is 5.03. The molecule has 1 atom stereocenters. The molecule has 0 aliphatic carbocycles. The fraction of sp³-hybridized carbons (Fsp3) is 0.417. The second-order valence-electron chi connectivity index (χ2n) is 4.05. The zero-order chi connectivity index (χ0) is 12.3. The van der Waals surface area contributed by atoms with E-state index >= 15 is 0 Å². The van der Waals surface area contributed by atoms with Gasteiger partial charge in [0, 0.05) is 12.6 Å². The predicted octanol–water partition coefficient (Wildman–Crippen LogP) is 0.492. The van der Waals surface area contributed by atoms with E-state index in [-0.39, 0.29) is 23.3 Å². The number of hydrogen-bond donors (Lipinski definition) is 3. The molecular formula is C12H16N2O3. The number of methoxy groups -OCH3 is 1. The highest BCUT2D eigenvalue weighted by Gasteiger charge is 2.19. The van der Waals surface area contributed by atoms with Gasteiger partial charge in [-0.1, -0.05) is 0 Å². The lowest BCUT2D eigenvalue weighted by molar-refractivity contribution is 0.0937. The van der Waals surface area contributed by atoms with E-state index in [0.29, 0.717) is 5.75 Å². The van der Waals surface area contributed by atoms with Crippen molar-refractivity contribution in [1.82, 2.24) is 10.6 Å². The highest BCUT2D eigenvalue weighted by atomic mass is 16.5. The van der Waals surface area contributed by atoms with Crippen LogP contribution >= 0.6 is 0 Å². The van der Waals surface area contributed by atoms with Crippen molar-refractivity contribution in [1.29, 1.82) is 0 Å². The molecule has 5 heteroatoms. The van der Waals surface area contributed by atoms with E-state index in [2.05, 4.69) is 10.6 Å². The zero-order valence-electron chi connectivity index (χ0n) is 9.69. The fourth-order valence-corrected chi connectivity index (χ4v) is 1.86.